The van der Waals surface area contributed by atoms with Gasteiger partial charge in [0.15, 0.2) is 15.3 Å². The zero-order valence-electron chi connectivity index (χ0n) is 22.3. The van der Waals surface area contributed by atoms with Crippen molar-refractivity contribution in [3.63, 3.8) is 0 Å². The van der Waals surface area contributed by atoms with Crippen LogP contribution < -0.4 is 16.4 Å². The van der Waals surface area contributed by atoms with Gasteiger partial charge in [0.25, 0.3) is 0 Å². The molecular weight excluding hydrogens is 533 g/mol. The van der Waals surface area contributed by atoms with E-state index in [2.05, 4.69) is 16.4 Å². The molecule has 0 saturated heterocycles. The average molecular weight is 576 g/mol. The Morgan fingerprint density at radius 2 is 0.800 bits per heavy atom. The van der Waals surface area contributed by atoms with E-state index in [1.807, 2.05) is 62.3 Å². The van der Waals surface area contributed by atoms with E-state index < -0.39 is 24.1 Å². The Kier molecular flexibility index (Phi) is 16.1. The molecule has 3 N–H and O–H groups in total. The minimum atomic E-state index is -4.12. The fourth-order valence-electron chi connectivity index (χ4n) is 1.64. The summed E-state index contributed by atoms with van der Waals surface area (Å²) in [4.78, 5) is 35.9. The van der Waals surface area contributed by atoms with E-state index in [4.69, 9.17) is 13.9 Å². The topological polar surface area (TPSA) is 132 Å². The van der Waals surface area contributed by atoms with E-state index >= 15 is 0 Å². The summed E-state index contributed by atoms with van der Waals surface area (Å²) in [5.74, 6) is 1.19. The number of thioether (sulfide) groups is 3. The van der Waals surface area contributed by atoms with Gasteiger partial charge in [-0.2, -0.15) is 30.3 Å². The molecule has 14 heteroatoms. The van der Waals surface area contributed by atoms with Crippen LogP contribution in [0.4, 0.5) is 0 Å². The third kappa shape index (κ3) is 17.2. The summed E-state index contributed by atoms with van der Waals surface area (Å²) >= 11 is 3.42. The van der Waals surface area contributed by atoms with E-state index in [-0.39, 0.29) is 35.0 Å². The van der Waals surface area contributed by atoms with Gasteiger partial charge in [-0.05, 0) is 0 Å². The highest BCUT2D eigenvalue weighted by atomic mass is 32.2. The smallest absolute Gasteiger partial charge is 0.287 e. The summed E-state index contributed by atoms with van der Waals surface area (Å²) in [6.45, 7) is 17.2. The standard InChI is InChI=1S/C21H42N3O7PS3/c1-19(2,3)16(25)33-13-10-22-29-32(28,30-23-11-14-34-17(26)20(4,5)6)31-24-12-15-35-18(27)21(7,8)9/h22-24H,10-15H2,1-9H3. The molecule has 0 aromatic heterocycles. The van der Waals surface area contributed by atoms with Crippen LogP contribution in [0, 0.1) is 16.2 Å². The molecule has 0 atom stereocenters. The van der Waals surface area contributed by atoms with Gasteiger partial charge in [0.1, 0.15) is 0 Å². The third-order valence-corrected chi connectivity index (χ3v) is 8.58. The van der Waals surface area contributed by atoms with Crippen molar-refractivity contribution in [2.75, 3.05) is 36.9 Å². The molecule has 0 amide bonds. The lowest BCUT2D eigenvalue weighted by Crippen LogP contribution is -2.28. The molecule has 0 saturated carbocycles. The van der Waals surface area contributed by atoms with Crippen LogP contribution >= 0.6 is 43.1 Å². The molecule has 10 nitrogen and oxygen atoms in total. The van der Waals surface area contributed by atoms with Crippen LogP contribution in [0.2, 0.25) is 0 Å². The predicted molar refractivity (Wildman–Crippen MR) is 146 cm³/mol. The van der Waals surface area contributed by atoms with Gasteiger partial charge in [-0.1, -0.05) is 97.6 Å². The molecule has 0 aliphatic carbocycles. The van der Waals surface area contributed by atoms with Crippen molar-refractivity contribution in [3.05, 3.63) is 0 Å². The van der Waals surface area contributed by atoms with Crippen molar-refractivity contribution < 1.29 is 32.8 Å². The Hall–Kier alpha value is 0.0500. The van der Waals surface area contributed by atoms with Gasteiger partial charge in [0.2, 0.25) is 0 Å². The number of hydrogen-bond donors (Lipinski definition) is 3. The fourth-order valence-corrected chi connectivity index (χ4v) is 4.91. The third-order valence-electron chi connectivity index (χ3n) is 3.68. The molecule has 0 aromatic rings. The first-order valence-electron chi connectivity index (χ1n) is 11.2. The number of hydroxylamine groups is 3. The summed E-state index contributed by atoms with van der Waals surface area (Å²) in [5.41, 5.74) is 6.14. The predicted octanol–water partition coefficient (Wildman–Crippen LogP) is 4.58. The highest BCUT2D eigenvalue weighted by Gasteiger charge is 2.30. The largest absolute Gasteiger partial charge is 0.524 e. The molecule has 0 radical (unpaired) electrons. The van der Waals surface area contributed by atoms with Gasteiger partial charge in [0.05, 0.1) is 0 Å². The minimum Gasteiger partial charge on any atom is -0.287 e. The van der Waals surface area contributed by atoms with Crippen molar-refractivity contribution in [1.82, 2.24) is 16.4 Å². The normalized spacial score (nSPS) is 13.2. The van der Waals surface area contributed by atoms with Crippen LogP contribution in [0.3, 0.4) is 0 Å². The summed E-state index contributed by atoms with van der Waals surface area (Å²) in [7, 11) is -4.12. The Bertz CT molecular complexity index is 640. The summed E-state index contributed by atoms with van der Waals surface area (Å²) < 4.78 is 28.3. The lowest BCUT2D eigenvalue weighted by Gasteiger charge is -2.19. The summed E-state index contributed by atoms with van der Waals surface area (Å²) in [6.07, 6.45) is 0. The number of carbonyl (C=O) groups excluding carboxylic acids is 3. The monoisotopic (exact) mass is 575 g/mol. The molecule has 0 aromatic carbocycles. The van der Waals surface area contributed by atoms with Crippen LogP contribution in [0.15, 0.2) is 0 Å². The number of hydrogen-bond acceptors (Lipinski definition) is 13. The van der Waals surface area contributed by atoms with Crippen LogP contribution in [-0.2, 0) is 32.8 Å². The molecule has 0 bridgehead atoms. The van der Waals surface area contributed by atoms with E-state index in [0.29, 0.717) is 17.3 Å². The Balaban J connectivity index is 4.60. The van der Waals surface area contributed by atoms with Crippen LogP contribution in [0.1, 0.15) is 62.3 Å². The molecule has 0 heterocycles. The molecule has 206 valence electrons. The Labute approximate surface area is 222 Å². The number of carbonyl (C=O) groups is 3. The highest BCUT2D eigenvalue weighted by molar-refractivity contribution is 8.14. The average Bonchev–Trinajstić information content (AvgIpc) is 2.70. The highest BCUT2D eigenvalue weighted by Crippen LogP contribution is 2.46. The van der Waals surface area contributed by atoms with E-state index in [0.717, 1.165) is 35.3 Å². The van der Waals surface area contributed by atoms with Gasteiger partial charge in [-0.3, -0.25) is 14.4 Å². The van der Waals surface area contributed by atoms with Crippen molar-refractivity contribution in [3.8, 4) is 0 Å². The Morgan fingerprint density at radius 1 is 0.571 bits per heavy atom. The SMILES string of the molecule is CC(C)(C)C(=O)SCCNOP(=O)(ONCCSC(=O)C(C)(C)C)ONCCSC(=O)C(C)(C)C. The summed E-state index contributed by atoms with van der Waals surface area (Å²) in [5, 5.41) is 0.0915. The second kappa shape index (κ2) is 16.1. The first kappa shape index (κ1) is 35.0. The van der Waals surface area contributed by atoms with Crippen LogP contribution in [-0.4, -0.2) is 52.2 Å². The first-order chi connectivity index (χ1) is 15.9. The molecule has 35 heavy (non-hydrogen) atoms. The summed E-state index contributed by atoms with van der Waals surface area (Å²) in [6, 6.07) is 0. The van der Waals surface area contributed by atoms with Crippen LogP contribution in [0.5, 0.6) is 0 Å². The maximum Gasteiger partial charge on any atom is 0.524 e. The molecule has 0 spiro atoms. The molecule has 0 fully saturated rings. The van der Waals surface area contributed by atoms with Crippen molar-refractivity contribution in [2.45, 2.75) is 62.3 Å². The molecule has 0 unspecified atom stereocenters. The van der Waals surface area contributed by atoms with Gasteiger partial charge in [0, 0.05) is 53.1 Å². The lowest BCUT2D eigenvalue weighted by atomic mass is 9.99. The van der Waals surface area contributed by atoms with E-state index in [9.17, 15) is 18.9 Å². The minimum absolute atomic E-state index is 0.0305. The quantitative estimate of drug-likeness (QED) is 0.143. The number of nitrogens with one attached hydrogen (secondary N) is 3. The van der Waals surface area contributed by atoms with E-state index in [1.54, 1.807) is 0 Å². The first-order valence-corrected chi connectivity index (χ1v) is 15.7. The maximum atomic E-state index is 12.9. The molecule has 0 aliphatic rings. The van der Waals surface area contributed by atoms with Crippen molar-refractivity contribution >= 4 is 58.5 Å². The second-order valence-corrected chi connectivity index (χ2v) is 15.2. The lowest BCUT2D eigenvalue weighted by molar-refractivity contribution is -0.118. The van der Waals surface area contributed by atoms with Crippen molar-refractivity contribution in [1.29, 1.82) is 0 Å². The molecule has 0 aliphatic heterocycles. The van der Waals surface area contributed by atoms with Crippen molar-refractivity contribution in [2.24, 2.45) is 16.2 Å². The molecule has 0 rings (SSSR count). The zero-order chi connectivity index (χ0) is 27.3. The number of phosphoric acid groups is 1. The maximum absolute atomic E-state index is 12.9. The zero-order valence-corrected chi connectivity index (χ0v) is 25.6. The van der Waals surface area contributed by atoms with Gasteiger partial charge >= 0.3 is 7.82 Å². The second-order valence-electron chi connectivity index (χ2n) is 10.6. The van der Waals surface area contributed by atoms with Gasteiger partial charge < -0.3 is 0 Å². The Morgan fingerprint density at radius 3 is 1.00 bits per heavy atom. The number of rotatable bonds is 15. The van der Waals surface area contributed by atoms with E-state index in [1.165, 1.54) is 0 Å². The van der Waals surface area contributed by atoms with Gasteiger partial charge in [-0.15, -0.1) is 0 Å². The van der Waals surface area contributed by atoms with Gasteiger partial charge in [-0.25, -0.2) is 4.57 Å². The fraction of sp³-hybridized carbons (Fsp3) is 0.857. The van der Waals surface area contributed by atoms with Crippen LogP contribution in [0.25, 0.3) is 0 Å². The molecular formula is C21H42N3O7PS3.